The molecule has 5 rings (SSSR count). The van der Waals surface area contributed by atoms with Gasteiger partial charge in [-0.2, -0.15) is 4.98 Å². The van der Waals surface area contributed by atoms with Gasteiger partial charge in [0.05, 0.1) is 10.6 Å². The van der Waals surface area contributed by atoms with Crippen LogP contribution in [0.5, 0.6) is 5.75 Å². The number of nitrogens with one attached hydrogen (secondary N) is 1. The molecule has 11 heteroatoms. The topological polar surface area (TPSA) is 63.4 Å². The number of ether oxygens (including phenoxy) is 1. The van der Waals surface area contributed by atoms with Gasteiger partial charge in [0, 0.05) is 36.8 Å². The van der Waals surface area contributed by atoms with Gasteiger partial charge in [0.1, 0.15) is 5.01 Å². The normalized spacial score (nSPS) is 22.2. The average molecular weight is 431 g/mol. The third-order valence-corrected chi connectivity index (χ3v) is 6.02. The molecule has 0 amide bonds. The molecule has 28 heavy (non-hydrogen) atoms. The number of aromatic nitrogens is 2. The van der Waals surface area contributed by atoms with E-state index in [0.29, 0.717) is 35.7 Å². The van der Waals surface area contributed by atoms with Gasteiger partial charge in [0.25, 0.3) is 6.01 Å². The van der Waals surface area contributed by atoms with Crippen LogP contribution in [0.25, 0.3) is 21.7 Å². The summed E-state index contributed by atoms with van der Waals surface area (Å²) in [5.41, 5.74) is 0.608. The number of thiazole rings is 1. The molecule has 0 radical (unpaired) electrons. The van der Waals surface area contributed by atoms with E-state index >= 15 is 0 Å². The van der Waals surface area contributed by atoms with Gasteiger partial charge in [-0.05, 0) is 18.9 Å². The van der Waals surface area contributed by atoms with Crippen molar-refractivity contribution in [1.82, 2.24) is 15.3 Å². The lowest BCUT2D eigenvalue weighted by Gasteiger charge is -2.31. The minimum absolute atomic E-state index is 0.0593. The second-order valence-electron chi connectivity index (χ2n) is 6.84. The summed E-state index contributed by atoms with van der Waals surface area (Å²) in [6.45, 7) is 1.36. The van der Waals surface area contributed by atoms with Crippen LogP contribution in [0, 0.1) is 0 Å². The van der Waals surface area contributed by atoms with E-state index in [0.717, 1.165) is 12.8 Å². The van der Waals surface area contributed by atoms with E-state index in [-0.39, 0.29) is 22.1 Å². The molecule has 2 aliphatic heterocycles. The number of anilines is 1. The van der Waals surface area contributed by atoms with Crippen LogP contribution in [-0.2, 0) is 0 Å². The van der Waals surface area contributed by atoms with Gasteiger partial charge in [0.15, 0.2) is 16.8 Å². The van der Waals surface area contributed by atoms with E-state index in [2.05, 4.69) is 20.0 Å². The Morgan fingerprint density at radius 3 is 2.68 bits per heavy atom. The molecule has 0 aliphatic carbocycles. The SMILES string of the molecule is FC(F)(F)Oc1c(Cl)cc(-c2nccs2)c2oc(N3CC4CCC(C3)N4)nc12. The Hall–Kier alpha value is -2.04. The van der Waals surface area contributed by atoms with Crippen molar-refractivity contribution in [3.05, 3.63) is 22.7 Å². The van der Waals surface area contributed by atoms with Crippen molar-refractivity contribution in [1.29, 1.82) is 0 Å². The molecule has 2 bridgehead atoms. The first-order chi connectivity index (χ1) is 13.4. The fraction of sp³-hybridized carbons (Fsp3) is 0.412. The molecule has 1 aromatic carbocycles. The predicted octanol–water partition coefficient (Wildman–Crippen LogP) is 4.44. The maximum Gasteiger partial charge on any atom is 0.573 e. The Bertz CT molecular complexity index is 1010. The van der Waals surface area contributed by atoms with E-state index < -0.39 is 12.1 Å². The molecule has 2 aromatic heterocycles. The molecule has 0 spiro atoms. The van der Waals surface area contributed by atoms with Crippen molar-refractivity contribution in [2.45, 2.75) is 31.3 Å². The summed E-state index contributed by atoms with van der Waals surface area (Å²) in [7, 11) is 0. The Kier molecular flexibility index (Phi) is 4.18. The third-order valence-electron chi connectivity index (χ3n) is 4.93. The number of oxazole rings is 1. The third kappa shape index (κ3) is 3.19. The summed E-state index contributed by atoms with van der Waals surface area (Å²) in [5, 5.41) is 5.64. The number of rotatable bonds is 3. The summed E-state index contributed by atoms with van der Waals surface area (Å²) in [6.07, 6.45) is -1.18. The first-order valence-corrected chi connectivity index (χ1v) is 9.93. The molecular weight excluding hydrogens is 417 g/mol. The Balaban J connectivity index is 1.65. The van der Waals surface area contributed by atoms with E-state index in [1.165, 1.54) is 17.4 Å². The molecule has 2 fully saturated rings. The van der Waals surface area contributed by atoms with Crippen molar-refractivity contribution in [2.75, 3.05) is 18.0 Å². The van der Waals surface area contributed by atoms with Crippen molar-refractivity contribution in [3.8, 4) is 16.3 Å². The highest BCUT2D eigenvalue weighted by Gasteiger charge is 2.37. The first-order valence-electron chi connectivity index (χ1n) is 8.67. The first kappa shape index (κ1) is 18.0. The fourth-order valence-corrected chi connectivity index (χ4v) is 4.72. The second-order valence-corrected chi connectivity index (χ2v) is 8.14. The summed E-state index contributed by atoms with van der Waals surface area (Å²) >= 11 is 7.46. The zero-order valence-electron chi connectivity index (χ0n) is 14.3. The van der Waals surface area contributed by atoms with Crippen LogP contribution < -0.4 is 15.0 Å². The molecule has 2 atom stereocenters. The minimum Gasteiger partial charge on any atom is -0.422 e. The smallest absolute Gasteiger partial charge is 0.422 e. The number of hydrogen-bond acceptors (Lipinski definition) is 7. The monoisotopic (exact) mass is 430 g/mol. The van der Waals surface area contributed by atoms with Crippen molar-refractivity contribution in [3.63, 3.8) is 0 Å². The Labute approximate surface area is 166 Å². The largest absolute Gasteiger partial charge is 0.573 e. The molecule has 1 N–H and O–H groups in total. The lowest BCUT2D eigenvalue weighted by molar-refractivity contribution is -0.274. The number of hydrogen-bond donors (Lipinski definition) is 1. The van der Waals surface area contributed by atoms with Crippen LogP contribution >= 0.6 is 22.9 Å². The molecule has 3 aromatic rings. The molecule has 0 saturated carbocycles. The predicted molar refractivity (Wildman–Crippen MR) is 99.0 cm³/mol. The molecule has 6 nitrogen and oxygen atoms in total. The summed E-state index contributed by atoms with van der Waals surface area (Å²) in [5.74, 6) is -0.558. The van der Waals surface area contributed by atoms with Crippen LogP contribution in [-0.4, -0.2) is 41.5 Å². The fourth-order valence-electron chi connectivity index (χ4n) is 3.83. The lowest BCUT2D eigenvalue weighted by atomic mass is 10.2. The van der Waals surface area contributed by atoms with Gasteiger partial charge in [0.2, 0.25) is 0 Å². The van der Waals surface area contributed by atoms with E-state index in [4.69, 9.17) is 16.0 Å². The summed E-state index contributed by atoms with van der Waals surface area (Å²) in [6, 6.07) is 2.28. The molecular formula is C17H14ClF3N4O2S. The van der Waals surface area contributed by atoms with Crippen LogP contribution in [0.15, 0.2) is 22.1 Å². The maximum absolute atomic E-state index is 12.9. The van der Waals surface area contributed by atoms with Gasteiger partial charge in [-0.1, -0.05) is 11.6 Å². The molecule has 2 saturated heterocycles. The van der Waals surface area contributed by atoms with Crippen LogP contribution in [0.3, 0.4) is 0 Å². The van der Waals surface area contributed by atoms with Gasteiger partial charge in [-0.25, -0.2) is 4.98 Å². The van der Waals surface area contributed by atoms with Gasteiger partial charge >= 0.3 is 6.36 Å². The molecule has 148 valence electrons. The van der Waals surface area contributed by atoms with E-state index in [9.17, 15) is 13.2 Å². The quantitative estimate of drug-likeness (QED) is 0.662. The van der Waals surface area contributed by atoms with E-state index in [1.807, 2.05) is 4.90 Å². The standard InChI is InChI=1S/C17H14ClF3N4O2S/c18-11-5-10(15-22-3-4-28-15)13-12(14(11)27-17(19,20)21)24-16(26-13)25-6-8-1-2-9(7-25)23-8/h3-5,8-9,23H,1-2,6-7H2. The highest BCUT2D eigenvalue weighted by atomic mass is 35.5. The number of halogens is 4. The van der Waals surface area contributed by atoms with Crippen LogP contribution in [0.1, 0.15) is 12.8 Å². The average Bonchev–Trinajstić information content (AvgIpc) is 3.36. The zero-order valence-corrected chi connectivity index (χ0v) is 15.9. The number of benzene rings is 1. The highest BCUT2D eigenvalue weighted by molar-refractivity contribution is 7.13. The summed E-state index contributed by atoms with van der Waals surface area (Å²) in [4.78, 5) is 10.5. The van der Waals surface area contributed by atoms with Crippen molar-refractivity contribution in [2.24, 2.45) is 0 Å². The van der Waals surface area contributed by atoms with Crippen LogP contribution in [0.2, 0.25) is 5.02 Å². The second kappa shape index (κ2) is 6.50. The van der Waals surface area contributed by atoms with Crippen molar-refractivity contribution >= 4 is 40.1 Å². The molecule has 2 unspecified atom stereocenters. The van der Waals surface area contributed by atoms with Gasteiger partial charge < -0.3 is 19.4 Å². The molecule has 2 aliphatic rings. The maximum atomic E-state index is 12.9. The number of nitrogens with zero attached hydrogens (tertiary/aromatic N) is 3. The summed E-state index contributed by atoms with van der Waals surface area (Å²) < 4.78 is 48.9. The van der Waals surface area contributed by atoms with Gasteiger partial charge in [-0.15, -0.1) is 24.5 Å². The lowest BCUT2D eigenvalue weighted by Crippen LogP contribution is -2.51. The van der Waals surface area contributed by atoms with Gasteiger partial charge in [-0.3, -0.25) is 0 Å². The number of alkyl halides is 3. The number of piperazine rings is 1. The minimum atomic E-state index is -4.90. The molecule has 4 heterocycles. The Morgan fingerprint density at radius 2 is 2.04 bits per heavy atom. The van der Waals surface area contributed by atoms with E-state index in [1.54, 1.807) is 11.6 Å². The van der Waals surface area contributed by atoms with Crippen molar-refractivity contribution < 1.29 is 22.3 Å². The highest BCUT2D eigenvalue weighted by Crippen LogP contribution is 2.44. The zero-order chi connectivity index (χ0) is 19.5. The Morgan fingerprint density at radius 1 is 1.29 bits per heavy atom. The number of fused-ring (bicyclic) bond motifs is 3. The van der Waals surface area contributed by atoms with Crippen LogP contribution in [0.4, 0.5) is 19.2 Å².